The van der Waals surface area contributed by atoms with Gasteiger partial charge in [-0.15, -0.1) is 5.54 Å². The zero-order chi connectivity index (χ0) is 46.2. The van der Waals surface area contributed by atoms with E-state index in [-0.39, 0.29) is 67.3 Å². The molecule has 0 aliphatic carbocycles. The van der Waals surface area contributed by atoms with E-state index in [0.717, 1.165) is 48.6 Å². The molecule has 1 amide bonds. The number of methoxy groups -OCH3 is 1. The molecule has 2 aromatic heterocycles. The Hall–Kier alpha value is -4.78. The number of alkyl halides is 1. The molecule has 2 bridgehead atoms. The van der Waals surface area contributed by atoms with Crippen LogP contribution in [0.4, 0.5) is 19.4 Å². The van der Waals surface area contributed by atoms with Gasteiger partial charge in [-0.1, -0.05) is 59.6 Å². The zero-order valence-corrected chi connectivity index (χ0v) is 40.6. The highest BCUT2D eigenvalue weighted by Gasteiger charge is 2.53. The van der Waals surface area contributed by atoms with Crippen molar-refractivity contribution in [3.8, 4) is 40.4 Å². The maximum atomic E-state index is 18.1. The Balaban J connectivity index is 1.23. The minimum absolute atomic E-state index is 0.00564. The van der Waals surface area contributed by atoms with E-state index in [2.05, 4.69) is 62.8 Å². The molecular weight excluding hydrogens is 847 g/mol. The van der Waals surface area contributed by atoms with Crippen molar-refractivity contribution in [2.75, 3.05) is 51.7 Å². The molecular formula is C50H64F2N6O6Si. The summed E-state index contributed by atoms with van der Waals surface area (Å²) in [5.74, 6) is 4.05. The second-order valence-corrected chi connectivity index (χ2v) is 26.4. The molecule has 0 radical (unpaired) electrons. The van der Waals surface area contributed by atoms with Gasteiger partial charge >= 0.3 is 12.1 Å². The minimum atomic E-state index is -2.17. The van der Waals surface area contributed by atoms with Gasteiger partial charge in [0.15, 0.2) is 12.6 Å². The number of rotatable bonds is 10. The third-order valence-corrected chi connectivity index (χ3v) is 21.1. The molecule has 0 N–H and O–H groups in total. The molecule has 12 nitrogen and oxygen atoms in total. The first kappa shape index (κ1) is 45.4. The molecule has 5 aliphatic rings. The van der Waals surface area contributed by atoms with Crippen LogP contribution >= 0.6 is 0 Å². The van der Waals surface area contributed by atoms with Crippen LogP contribution in [0.15, 0.2) is 30.3 Å². The quantitative estimate of drug-likeness (QED) is 0.0862. The summed E-state index contributed by atoms with van der Waals surface area (Å²) in [6, 6.07) is 8.82. The Morgan fingerprint density at radius 3 is 2.49 bits per heavy atom. The highest BCUT2D eigenvalue weighted by molar-refractivity contribution is 6.90. The molecule has 7 heterocycles. The summed E-state index contributed by atoms with van der Waals surface area (Å²) in [4.78, 5) is 34.9. The van der Waals surface area contributed by atoms with Crippen molar-refractivity contribution in [3.05, 3.63) is 41.7 Å². The SMILES string of the molecule is COCOc1cc(-c2nc3c4c(nc(OC[C@@]56CCCN5C[C@H](F)C6)nc4c2F)N2C[C@H]4CC[C@@H]([C@H]2CO3)N4C(=O)OC(C)(C)C)c2c(C#C[Si](C(C)C)(C(C)C)C(C)C)cccc2c1. The lowest BCUT2D eigenvalue weighted by atomic mass is 9.95. The second-order valence-electron chi connectivity index (χ2n) is 20.8. The molecule has 9 rings (SSSR count). The third-order valence-electron chi connectivity index (χ3n) is 14.8. The van der Waals surface area contributed by atoms with Crippen LogP contribution in [0, 0.1) is 17.3 Å². The van der Waals surface area contributed by atoms with Crippen LogP contribution < -0.4 is 19.1 Å². The number of hydrogen-bond donors (Lipinski definition) is 0. The second kappa shape index (κ2) is 17.1. The highest BCUT2D eigenvalue weighted by atomic mass is 28.3. The number of hydrogen-bond acceptors (Lipinski definition) is 11. The number of aromatic nitrogens is 3. The van der Waals surface area contributed by atoms with Gasteiger partial charge in [0.05, 0.1) is 23.7 Å². The number of anilines is 1. The summed E-state index contributed by atoms with van der Waals surface area (Å²) < 4.78 is 63.6. The number of benzene rings is 2. The Bertz CT molecular complexity index is 2540. The molecule has 0 saturated carbocycles. The Kier molecular flexibility index (Phi) is 12.0. The first-order valence-electron chi connectivity index (χ1n) is 23.5. The van der Waals surface area contributed by atoms with E-state index in [1.807, 2.05) is 49.9 Å². The number of piperazine rings is 1. The lowest BCUT2D eigenvalue weighted by Crippen LogP contribution is -2.63. The highest BCUT2D eigenvalue weighted by Crippen LogP contribution is 2.48. The summed E-state index contributed by atoms with van der Waals surface area (Å²) in [6.45, 7) is 21.2. The predicted molar refractivity (Wildman–Crippen MR) is 251 cm³/mol. The topological polar surface area (TPSA) is 112 Å². The number of fused-ring (bicyclic) bond motifs is 7. The molecule has 4 fully saturated rings. The zero-order valence-electron chi connectivity index (χ0n) is 39.6. The molecule has 5 aliphatic heterocycles. The largest absolute Gasteiger partial charge is 0.475 e. The van der Waals surface area contributed by atoms with Gasteiger partial charge in [0.1, 0.15) is 61.2 Å². The lowest BCUT2D eigenvalue weighted by molar-refractivity contribution is 0.00537. The van der Waals surface area contributed by atoms with E-state index in [0.29, 0.717) is 58.7 Å². The van der Waals surface area contributed by atoms with Crippen molar-refractivity contribution >= 4 is 41.7 Å². The van der Waals surface area contributed by atoms with Gasteiger partial charge in [0, 0.05) is 43.1 Å². The Morgan fingerprint density at radius 2 is 1.77 bits per heavy atom. The van der Waals surface area contributed by atoms with Crippen LogP contribution in [-0.2, 0) is 9.47 Å². The van der Waals surface area contributed by atoms with Crippen LogP contribution in [-0.4, -0.2) is 121 Å². The molecule has 15 heteroatoms. The molecule has 4 aromatic rings. The fourth-order valence-electron chi connectivity index (χ4n) is 12.1. The summed E-state index contributed by atoms with van der Waals surface area (Å²) in [7, 11) is -0.624. The van der Waals surface area contributed by atoms with Crippen LogP contribution in [0.5, 0.6) is 17.6 Å². The molecule has 5 atom stereocenters. The number of halogens is 2. The average molecular weight is 911 g/mol. The average Bonchev–Trinajstić information content (AvgIpc) is 3.85. The fraction of sp³-hybridized carbons (Fsp3) is 0.600. The number of amides is 1. The summed E-state index contributed by atoms with van der Waals surface area (Å²) in [6.07, 6.45) is 2.29. The van der Waals surface area contributed by atoms with Gasteiger partial charge in [-0.2, -0.15) is 9.97 Å². The van der Waals surface area contributed by atoms with E-state index < -0.39 is 31.2 Å². The number of carbonyl (C=O) groups excluding carboxylic acids is 1. The van der Waals surface area contributed by atoms with Crippen LogP contribution in [0.3, 0.4) is 0 Å². The third kappa shape index (κ3) is 7.94. The van der Waals surface area contributed by atoms with Gasteiger partial charge in [-0.25, -0.2) is 18.6 Å². The van der Waals surface area contributed by atoms with Crippen LogP contribution in [0.1, 0.15) is 100.0 Å². The van der Waals surface area contributed by atoms with E-state index in [9.17, 15) is 9.18 Å². The first-order valence-corrected chi connectivity index (χ1v) is 25.7. The minimum Gasteiger partial charge on any atom is -0.475 e. The van der Waals surface area contributed by atoms with Crippen molar-refractivity contribution in [2.45, 2.75) is 146 Å². The van der Waals surface area contributed by atoms with Crippen LogP contribution in [0.25, 0.3) is 32.9 Å². The first-order chi connectivity index (χ1) is 30.9. The standard InChI is InChI=1S/C50H64F2N6O6Si/c1-29(2)65(30(3)4,31(5)6)20-17-32-13-11-14-33-21-36(63-28-60-10)22-37(40(32)33)43-42(52)44-41-45(55-47(54-44)62-27-50-18-12-19-56(50)24-34(51)23-50)57-25-35-15-16-38(39(57)26-61-46(41)53-43)58(35)48(59)64-49(7,8)9/h11,13-14,21-22,29-31,34-35,38-39H,12,15-16,18-19,23-28H2,1-10H3/t34-,35-,38+,39-,50+/m1/s1. The number of ether oxygens (including phenoxy) is 5. The fourth-order valence-corrected chi connectivity index (χ4v) is 17.3. The van der Waals surface area contributed by atoms with Gasteiger partial charge in [-0.3, -0.25) is 9.80 Å². The van der Waals surface area contributed by atoms with Gasteiger partial charge in [-0.05, 0) is 93.2 Å². The van der Waals surface area contributed by atoms with Gasteiger partial charge in [0.25, 0.3) is 0 Å². The maximum absolute atomic E-state index is 18.1. The summed E-state index contributed by atoms with van der Waals surface area (Å²) >= 11 is 0. The molecule has 348 valence electrons. The monoisotopic (exact) mass is 910 g/mol. The summed E-state index contributed by atoms with van der Waals surface area (Å²) in [5.41, 5.74) is 5.18. The van der Waals surface area contributed by atoms with Crippen molar-refractivity contribution in [1.82, 2.24) is 24.8 Å². The van der Waals surface area contributed by atoms with Gasteiger partial charge < -0.3 is 28.6 Å². The van der Waals surface area contributed by atoms with E-state index in [1.54, 1.807) is 13.2 Å². The normalized spacial score (nSPS) is 24.0. The number of nitrogens with zero attached hydrogens (tertiary/aromatic N) is 6. The molecule has 0 unspecified atom stereocenters. The van der Waals surface area contributed by atoms with Gasteiger partial charge in [0.2, 0.25) is 5.88 Å². The maximum Gasteiger partial charge on any atom is 0.410 e. The molecule has 0 spiro atoms. The van der Waals surface area contributed by atoms with Crippen LogP contribution in [0.2, 0.25) is 16.6 Å². The summed E-state index contributed by atoms with van der Waals surface area (Å²) in [5, 5.41) is 1.85. The Morgan fingerprint density at radius 1 is 1.00 bits per heavy atom. The van der Waals surface area contributed by atoms with Crippen molar-refractivity contribution in [2.24, 2.45) is 0 Å². The van der Waals surface area contributed by atoms with E-state index >= 15 is 4.39 Å². The Labute approximate surface area is 382 Å². The van der Waals surface area contributed by atoms with Crippen molar-refractivity contribution in [1.29, 1.82) is 0 Å². The van der Waals surface area contributed by atoms with E-state index in [4.69, 9.17) is 38.6 Å². The lowest BCUT2D eigenvalue weighted by Gasteiger charge is -2.46. The smallest absolute Gasteiger partial charge is 0.410 e. The van der Waals surface area contributed by atoms with Crippen molar-refractivity contribution in [3.63, 3.8) is 0 Å². The molecule has 2 aromatic carbocycles. The van der Waals surface area contributed by atoms with E-state index in [1.165, 1.54) is 0 Å². The molecule has 4 saturated heterocycles. The number of pyridine rings is 1. The number of carbonyl (C=O) groups is 1. The van der Waals surface area contributed by atoms with Crippen molar-refractivity contribution < 1.29 is 37.3 Å². The molecule has 65 heavy (non-hydrogen) atoms. The predicted octanol–water partition coefficient (Wildman–Crippen LogP) is 9.84.